The van der Waals surface area contributed by atoms with Gasteiger partial charge in [-0.25, -0.2) is 4.79 Å². The van der Waals surface area contributed by atoms with E-state index in [9.17, 15) is 32.9 Å². The van der Waals surface area contributed by atoms with Crippen molar-refractivity contribution in [1.82, 2.24) is 4.57 Å². The van der Waals surface area contributed by atoms with Crippen LogP contribution >= 0.6 is 0 Å². The molecule has 0 atom stereocenters. The molecule has 154 valence electrons. The minimum Gasteiger partial charge on any atom is -0.454 e. The van der Waals surface area contributed by atoms with Crippen LogP contribution in [0.1, 0.15) is 27.3 Å². The number of hydrogen-bond donors (Lipinski definition) is 0. The van der Waals surface area contributed by atoms with Crippen LogP contribution in [0.25, 0.3) is 6.08 Å². The summed E-state index contributed by atoms with van der Waals surface area (Å²) in [7, 11) is 0. The fourth-order valence-corrected chi connectivity index (χ4v) is 2.64. The molecule has 0 aliphatic carbocycles. The standard InChI is InChI=1S/C19H17F3N2O5/c1-12-9-16(13(2)23(12)11-19(20,21)22)17(25)10-29-18(26)8-5-14-3-6-15(7-4-14)24(27)28/h3-9H,10-11H2,1-2H3/b8-5+. The van der Waals surface area contributed by atoms with Crippen molar-refractivity contribution in [3.05, 3.63) is 69.0 Å². The number of nitrogens with zero attached hydrogens (tertiary/aromatic N) is 2. The average Bonchev–Trinajstić information content (AvgIpc) is 2.91. The second kappa shape index (κ2) is 8.72. The Labute approximate surface area is 163 Å². The first-order valence-electron chi connectivity index (χ1n) is 8.34. The third-order valence-corrected chi connectivity index (χ3v) is 4.07. The number of carbonyl (C=O) groups is 2. The van der Waals surface area contributed by atoms with Gasteiger partial charge in [0, 0.05) is 35.2 Å². The van der Waals surface area contributed by atoms with Crippen LogP contribution in [-0.4, -0.2) is 34.0 Å². The maximum Gasteiger partial charge on any atom is 0.406 e. The third-order valence-electron chi connectivity index (χ3n) is 4.07. The molecular formula is C19H17F3N2O5. The highest BCUT2D eigenvalue weighted by Crippen LogP contribution is 2.23. The highest BCUT2D eigenvalue weighted by molar-refractivity contribution is 6.00. The molecule has 1 aromatic heterocycles. The number of aromatic nitrogens is 1. The summed E-state index contributed by atoms with van der Waals surface area (Å²) in [4.78, 5) is 34.0. The molecule has 7 nitrogen and oxygen atoms in total. The molecule has 0 bridgehead atoms. The number of carbonyl (C=O) groups excluding carboxylic acids is 2. The lowest BCUT2D eigenvalue weighted by Crippen LogP contribution is -2.20. The van der Waals surface area contributed by atoms with Gasteiger partial charge in [-0.05, 0) is 43.7 Å². The van der Waals surface area contributed by atoms with E-state index in [0.717, 1.165) is 10.6 Å². The largest absolute Gasteiger partial charge is 0.454 e. The molecule has 0 amide bonds. The van der Waals surface area contributed by atoms with Crippen LogP contribution in [0.4, 0.5) is 18.9 Å². The maximum absolute atomic E-state index is 12.6. The smallest absolute Gasteiger partial charge is 0.406 e. The first kappa shape index (κ1) is 21.9. The van der Waals surface area contributed by atoms with Gasteiger partial charge in [-0.15, -0.1) is 0 Å². The Kier molecular flexibility index (Phi) is 6.57. The second-order valence-electron chi connectivity index (χ2n) is 6.20. The number of non-ortho nitro benzene ring substituents is 1. The minimum atomic E-state index is -4.43. The van der Waals surface area contributed by atoms with Gasteiger partial charge in [0.05, 0.1) is 4.92 Å². The Morgan fingerprint density at radius 1 is 1.21 bits per heavy atom. The van der Waals surface area contributed by atoms with E-state index >= 15 is 0 Å². The Hall–Kier alpha value is -3.43. The Bertz CT molecular complexity index is 959. The van der Waals surface area contributed by atoms with Crippen LogP contribution in [0.5, 0.6) is 0 Å². The van der Waals surface area contributed by atoms with Gasteiger partial charge < -0.3 is 9.30 Å². The van der Waals surface area contributed by atoms with Crippen molar-refractivity contribution in [3.63, 3.8) is 0 Å². The molecule has 0 fully saturated rings. The fraction of sp³-hybridized carbons (Fsp3) is 0.263. The van der Waals surface area contributed by atoms with Gasteiger partial charge in [-0.2, -0.15) is 13.2 Å². The molecule has 2 rings (SSSR count). The molecule has 0 spiro atoms. The van der Waals surface area contributed by atoms with Crippen molar-refractivity contribution in [1.29, 1.82) is 0 Å². The van der Waals surface area contributed by atoms with Gasteiger partial charge in [-0.3, -0.25) is 14.9 Å². The van der Waals surface area contributed by atoms with Crippen LogP contribution in [0.15, 0.2) is 36.4 Å². The number of benzene rings is 1. The van der Waals surface area contributed by atoms with Crippen LogP contribution in [0, 0.1) is 24.0 Å². The van der Waals surface area contributed by atoms with Gasteiger partial charge in [0.15, 0.2) is 6.61 Å². The van der Waals surface area contributed by atoms with Gasteiger partial charge in [-0.1, -0.05) is 0 Å². The highest BCUT2D eigenvalue weighted by atomic mass is 19.4. The van der Waals surface area contributed by atoms with E-state index in [1.165, 1.54) is 50.3 Å². The van der Waals surface area contributed by atoms with Crippen LogP contribution in [0.3, 0.4) is 0 Å². The SMILES string of the molecule is Cc1cc(C(=O)COC(=O)/C=C/c2ccc([N+](=O)[O-])cc2)c(C)n1CC(F)(F)F. The zero-order valence-corrected chi connectivity index (χ0v) is 15.5. The monoisotopic (exact) mass is 410 g/mol. The Morgan fingerprint density at radius 3 is 2.38 bits per heavy atom. The summed E-state index contributed by atoms with van der Waals surface area (Å²) in [5, 5.41) is 10.6. The van der Waals surface area contributed by atoms with Gasteiger partial charge in [0.1, 0.15) is 6.54 Å². The average molecular weight is 410 g/mol. The molecule has 0 N–H and O–H groups in total. The van der Waals surface area contributed by atoms with Crippen molar-refractivity contribution in [2.45, 2.75) is 26.6 Å². The molecule has 2 aromatic rings. The summed E-state index contributed by atoms with van der Waals surface area (Å²) < 4.78 is 43.7. The van der Waals surface area contributed by atoms with E-state index in [-0.39, 0.29) is 22.6 Å². The first-order chi connectivity index (χ1) is 13.5. The molecule has 0 aliphatic heterocycles. The number of ketones is 1. The van der Waals surface area contributed by atoms with Crippen molar-refractivity contribution in [2.75, 3.05) is 6.61 Å². The number of ether oxygens (including phenoxy) is 1. The number of hydrogen-bond acceptors (Lipinski definition) is 5. The predicted molar refractivity (Wildman–Crippen MR) is 97.4 cm³/mol. The first-order valence-corrected chi connectivity index (χ1v) is 8.34. The van der Waals surface area contributed by atoms with Crippen molar-refractivity contribution in [3.8, 4) is 0 Å². The highest BCUT2D eigenvalue weighted by Gasteiger charge is 2.30. The summed E-state index contributed by atoms with van der Waals surface area (Å²) in [6.07, 6.45) is -2.03. The summed E-state index contributed by atoms with van der Waals surface area (Å²) in [6, 6.07) is 6.73. The summed E-state index contributed by atoms with van der Waals surface area (Å²) in [5.41, 5.74) is 0.877. The second-order valence-corrected chi connectivity index (χ2v) is 6.20. The lowest BCUT2D eigenvalue weighted by molar-refractivity contribution is -0.384. The molecule has 1 aromatic carbocycles. The Morgan fingerprint density at radius 2 is 1.83 bits per heavy atom. The van der Waals surface area contributed by atoms with E-state index in [1.807, 2.05) is 0 Å². The number of alkyl halides is 3. The van der Waals surface area contributed by atoms with Gasteiger partial charge >= 0.3 is 12.1 Å². The van der Waals surface area contributed by atoms with E-state index in [2.05, 4.69) is 0 Å². The number of nitro benzene ring substituents is 1. The fourth-order valence-electron chi connectivity index (χ4n) is 2.64. The number of aryl methyl sites for hydroxylation is 1. The molecule has 0 saturated heterocycles. The molecular weight excluding hydrogens is 393 g/mol. The molecule has 10 heteroatoms. The lowest BCUT2D eigenvalue weighted by Gasteiger charge is -2.12. The molecule has 0 saturated carbocycles. The van der Waals surface area contributed by atoms with Gasteiger partial charge in [0.25, 0.3) is 5.69 Å². The summed E-state index contributed by atoms with van der Waals surface area (Å²) in [6.45, 7) is 1.01. The number of rotatable bonds is 7. The molecule has 0 unspecified atom stereocenters. The number of esters is 1. The van der Waals surface area contributed by atoms with Crippen LogP contribution in [-0.2, 0) is 16.1 Å². The molecule has 1 heterocycles. The Balaban J connectivity index is 1.97. The molecule has 0 radical (unpaired) electrons. The number of halogens is 3. The van der Waals surface area contributed by atoms with Crippen LogP contribution < -0.4 is 0 Å². The zero-order chi connectivity index (χ0) is 21.8. The van der Waals surface area contributed by atoms with E-state index in [4.69, 9.17) is 4.74 Å². The number of Topliss-reactive ketones (excluding diaryl/α,β-unsaturated/α-hetero) is 1. The lowest BCUT2D eigenvalue weighted by atomic mass is 10.1. The quantitative estimate of drug-likeness (QED) is 0.226. The normalized spacial score (nSPS) is 11.6. The third kappa shape index (κ3) is 6.03. The van der Waals surface area contributed by atoms with E-state index < -0.39 is 36.0 Å². The van der Waals surface area contributed by atoms with E-state index in [1.54, 1.807) is 0 Å². The van der Waals surface area contributed by atoms with Crippen molar-refractivity contribution >= 4 is 23.5 Å². The van der Waals surface area contributed by atoms with Gasteiger partial charge in [0.2, 0.25) is 5.78 Å². The topological polar surface area (TPSA) is 91.4 Å². The minimum absolute atomic E-state index is 0.0545. The predicted octanol–water partition coefficient (Wildman–Crippen LogP) is 4.01. The van der Waals surface area contributed by atoms with Crippen molar-refractivity contribution in [2.24, 2.45) is 0 Å². The summed E-state index contributed by atoms with van der Waals surface area (Å²) >= 11 is 0. The maximum atomic E-state index is 12.6. The summed E-state index contributed by atoms with van der Waals surface area (Å²) in [5.74, 6) is -1.45. The molecule has 29 heavy (non-hydrogen) atoms. The zero-order valence-electron chi connectivity index (χ0n) is 15.5. The van der Waals surface area contributed by atoms with E-state index in [0.29, 0.717) is 5.56 Å². The van der Waals surface area contributed by atoms with Crippen LogP contribution in [0.2, 0.25) is 0 Å². The number of nitro groups is 1. The molecule has 0 aliphatic rings. The van der Waals surface area contributed by atoms with Crippen molar-refractivity contribution < 1.29 is 32.4 Å².